The smallest absolute Gasteiger partial charge is 0.0462 e. The van der Waals surface area contributed by atoms with Gasteiger partial charge in [-0.15, -0.1) is 0 Å². The van der Waals surface area contributed by atoms with Crippen molar-refractivity contribution in [3.05, 3.63) is 33.3 Å². The Hall–Kier alpha value is 0.430. The molecular weight excluding hydrogens is 353 g/mol. The van der Waals surface area contributed by atoms with E-state index in [1.165, 1.54) is 0 Å². The van der Waals surface area contributed by atoms with Crippen LogP contribution in [-0.4, -0.2) is 11.4 Å². The lowest BCUT2D eigenvalue weighted by Crippen LogP contribution is -2.32. The highest BCUT2D eigenvalue weighted by molar-refractivity contribution is 9.10. The SMILES string of the molecule is CC(CBr)C(C)NCc1ccc(Br)cc1Cl. The third-order valence-corrected chi connectivity index (χ3v) is 4.59. The van der Waals surface area contributed by atoms with Crippen molar-refractivity contribution in [3.8, 4) is 0 Å². The zero-order valence-electron chi connectivity index (χ0n) is 9.43. The van der Waals surface area contributed by atoms with Gasteiger partial charge in [0.05, 0.1) is 0 Å². The van der Waals surface area contributed by atoms with Gasteiger partial charge in [0, 0.05) is 27.4 Å². The molecule has 2 unspecified atom stereocenters. The average Bonchev–Trinajstić information content (AvgIpc) is 2.26. The molecule has 0 amide bonds. The van der Waals surface area contributed by atoms with Gasteiger partial charge >= 0.3 is 0 Å². The zero-order valence-corrected chi connectivity index (χ0v) is 13.4. The van der Waals surface area contributed by atoms with Crippen LogP contribution >= 0.6 is 43.5 Å². The number of benzene rings is 1. The van der Waals surface area contributed by atoms with Crippen LogP contribution in [0.15, 0.2) is 22.7 Å². The van der Waals surface area contributed by atoms with Crippen molar-refractivity contribution in [1.29, 1.82) is 0 Å². The topological polar surface area (TPSA) is 12.0 Å². The monoisotopic (exact) mass is 367 g/mol. The Balaban J connectivity index is 2.54. The summed E-state index contributed by atoms with van der Waals surface area (Å²) >= 11 is 13.0. The van der Waals surface area contributed by atoms with Gasteiger partial charge in [0.2, 0.25) is 0 Å². The first-order valence-electron chi connectivity index (χ1n) is 5.28. The van der Waals surface area contributed by atoms with E-state index in [0.717, 1.165) is 26.9 Å². The summed E-state index contributed by atoms with van der Waals surface area (Å²) in [5.41, 5.74) is 1.14. The molecule has 0 aliphatic rings. The van der Waals surface area contributed by atoms with Crippen LogP contribution in [0.3, 0.4) is 0 Å². The minimum absolute atomic E-state index is 0.471. The van der Waals surface area contributed by atoms with Crippen molar-refractivity contribution in [2.75, 3.05) is 5.33 Å². The van der Waals surface area contributed by atoms with E-state index in [4.69, 9.17) is 11.6 Å². The predicted molar refractivity (Wildman–Crippen MR) is 78.4 cm³/mol. The molecule has 4 heteroatoms. The van der Waals surface area contributed by atoms with Crippen LogP contribution < -0.4 is 5.32 Å². The van der Waals surface area contributed by atoms with Gasteiger partial charge in [0.25, 0.3) is 0 Å². The quantitative estimate of drug-likeness (QED) is 0.747. The molecule has 16 heavy (non-hydrogen) atoms. The Kier molecular flexibility index (Phi) is 6.34. The average molecular weight is 370 g/mol. The van der Waals surface area contributed by atoms with Crippen molar-refractivity contribution >= 4 is 43.5 Å². The summed E-state index contributed by atoms with van der Waals surface area (Å²) in [5.74, 6) is 0.606. The summed E-state index contributed by atoms with van der Waals surface area (Å²) in [6.07, 6.45) is 0. The minimum Gasteiger partial charge on any atom is -0.310 e. The molecule has 0 heterocycles. The number of alkyl halides is 1. The molecule has 0 bridgehead atoms. The summed E-state index contributed by atoms with van der Waals surface area (Å²) < 4.78 is 1.02. The number of hydrogen-bond donors (Lipinski definition) is 1. The normalized spacial score (nSPS) is 14.8. The van der Waals surface area contributed by atoms with E-state index in [1.807, 2.05) is 18.2 Å². The molecule has 0 aromatic heterocycles. The molecule has 0 spiro atoms. The molecule has 0 radical (unpaired) electrons. The van der Waals surface area contributed by atoms with Crippen LogP contribution in [0.25, 0.3) is 0 Å². The highest BCUT2D eigenvalue weighted by Gasteiger charge is 2.10. The van der Waals surface area contributed by atoms with Gasteiger partial charge in [0.15, 0.2) is 0 Å². The molecular formula is C12H16Br2ClN. The lowest BCUT2D eigenvalue weighted by molar-refractivity contribution is 0.433. The zero-order chi connectivity index (χ0) is 12.1. The van der Waals surface area contributed by atoms with Crippen LogP contribution in [0.1, 0.15) is 19.4 Å². The fourth-order valence-corrected chi connectivity index (χ4v) is 2.57. The summed E-state index contributed by atoms with van der Waals surface area (Å²) in [5, 5.41) is 5.30. The van der Waals surface area contributed by atoms with Crippen molar-refractivity contribution < 1.29 is 0 Å². The summed E-state index contributed by atoms with van der Waals surface area (Å²) in [4.78, 5) is 0. The number of nitrogens with one attached hydrogen (secondary N) is 1. The molecule has 1 rings (SSSR count). The first-order valence-corrected chi connectivity index (χ1v) is 7.57. The molecule has 1 nitrogen and oxygen atoms in total. The van der Waals surface area contributed by atoms with Crippen molar-refractivity contribution in [2.45, 2.75) is 26.4 Å². The lowest BCUT2D eigenvalue weighted by Gasteiger charge is -2.19. The molecule has 0 saturated carbocycles. The molecule has 90 valence electrons. The maximum absolute atomic E-state index is 6.15. The molecule has 0 fully saturated rings. The second-order valence-corrected chi connectivity index (χ2v) is 6.01. The summed E-state index contributed by atoms with van der Waals surface area (Å²) in [6, 6.07) is 6.46. The number of halogens is 3. The second-order valence-electron chi connectivity index (χ2n) is 4.04. The predicted octanol–water partition coefficient (Wildman–Crippen LogP) is 4.61. The van der Waals surface area contributed by atoms with Gasteiger partial charge < -0.3 is 5.32 Å². The first-order chi connectivity index (χ1) is 7.54. The van der Waals surface area contributed by atoms with Crippen molar-refractivity contribution in [2.24, 2.45) is 5.92 Å². The number of rotatable bonds is 5. The van der Waals surface area contributed by atoms with E-state index >= 15 is 0 Å². The minimum atomic E-state index is 0.471. The molecule has 0 saturated heterocycles. The van der Waals surface area contributed by atoms with Crippen LogP contribution in [0.2, 0.25) is 5.02 Å². The van der Waals surface area contributed by atoms with Gasteiger partial charge in [-0.05, 0) is 30.5 Å². The van der Waals surface area contributed by atoms with Crippen LogP contribution in [0.5, 0.6) is 0 Å². The Morgan fingerprint density at radius 1 is 1.38 bits per heavy atom. The van der Waals surface area contributed by atoms with Gasteiger partial charge in [-0.25, -0.2) is 0 Å². The van der Waals surface area contributed by atoms with Gasteiger partial charge in [-0.2, -0.15) is 0 Å². The van der Waals surface area contributed by atoms with E-state index in [9.17, 15) is 0 Å². The van der Waals surface area contributed by atoms with Gasteiger partial charge in [0.1, 0.15) is 0 Å². The van der Waals surface area contributed by atoms with Crippen LogP contribution in [0, 0.1) is 5.92 Å². The molecule has 1 N–H and O–H groups in total. The van der Waals surface area contributed by atoms with Crippen LogP contribution in [-0.2, 0) is 6.54 Å². The van der Waals surface area contributed by atoms with E-state index < -0.39 is 0 Å². The standard InChI is InChI=1S/C12H16Br2ClN/c1-8(6-13)9(2)16-7-10-3-4-11(14)5-12(10)15/h3-5,8-9,16H,6-7H2,1-2H3. The van der Waals surface area contributed by atoms with Crippen LogP contribution in [0.4, 0.5) is 0 Å². The number of hydrogen-bond acceptors (Lipinski definition) is 1. The van der Waals surface area contributed by atoms with E-state index in [2.05, 4.69) is 51.0 Å². The molecule has 1 aromatic rings. The molecule has 2 atom stereocenters. The largest absolute Gasteiger partial charge is 0.310 e. The first kappa shape index (κ1) is 14.5. The van der Waals surface area contributed by atoms with E-state index in [1.54, 1.807) is 0 Å². The lowest BCUT2D eigenvalue weighted by atomic mass is 10.1. The summed E-state index contributed by atoms with van der Waals surface area (Å²) in [7, 11) is 0. The Bertz CT molecular complexity index is 344. The maximum Gasteiger partial charge on any atom is 0.0462 e. The van der Waals surface area contributed by atoms with Crippen molar-refractivity contribution in [3.63, 3.8) is 0 Å². The van der Waals surface area contributed by atoms with E-state index in [-0.39, 0.29) is 0 Å². The van der Waals surface area contributed by atoms with Gasteiger partial charge in [-0.1, -0.05) is 56.5 Å². The van der Waals surface area contributed by atoms with E-state index in [0.29, 0.717) is 12.0 Å². The third-order valence-electron chi connectivity index (χ3n) is 2.73. The Morgan fingerprint density at radius 3 is 2.62 bits per heavy atom. The maximum atomic E-state index is 6.15. The summed E-state index contributed by atoms with van der Waals surface area (Å²) in [6.45, 7) is 5.22. The second kappa shape index (κ2) is 7.00. The Morgan fingerprint density at radius 2 is 2.06 bits per heavy atom. The molecule has 0 aliphatic heterocycles. The third kappa shape index (κ3) is 4.36. The molecule has 0 aliphatic carbocycles. The van der Waals surface area contributed by atoms with Gasteiger partial charge in [-0.3, -0.25) is 0 Å². The fraction of sp³-hybridized carbons (Fsp3) is 0.500. The molecule has 1 aromatic carbocycles. The fourth-order valence-electron chi connectivity index (χ4n) is 1.27. The highest BCUT2D eigenvalue weighted by atomic mass is 79.9. The highest BCUT2D eigenvalue weighted by Crippen LogP contribution is 2.21. The Labute approximate surface area is 119 Å². The van der Waals surface area contributed by atoms with Crippen molar-refractivity contribution in [1.82, 2.24) is 5.32 Å².